The van der Waals surface area contributed by atoms with E-state index in [9.17, 15) is 19.2 Å². The summed E-state index contributed by atoms with van der Waals surface area (Å²) in [5, 5.41) is 3.04. The number of para-hydroxylation sites is 2. The summed E-state index contributed by atoms with van der Waals surface area (Å²) in [5.74, 6) is 1.34. The number of ether oxygens (including phenoxy) is 1. The number of likely N-dealkylation sites (tertiary alicyclic amines) is 1. The highest BCUT2D eigenvalue weighted by Gasteiger charge is 2.33. The minimum absolute atomic E-state index is 0.154. The van der Waals surface area contributed by atoms with Crippen molar-refractivity contribution < 1.29 is 19.1 Å². The topological polar surface area (TPSA) is 148 Å². The van der Waals surface area contributed by atoms with Gasteiger partial charge in [-0.25, -0.2) is 19.0 Å². The quantitative estimate of drug-likeness (QED) is 0.155. The summed E-state index contributed by atoms with van der Waals surface area (Å²) in [6.45, 7) is 3.09. The Labute approximate surface area is 299 Å². The summed E-state index contributed by atoms with van der Waals surface area (Å²) in [6, 6.07) is 13.4. The van der Waals surface area contributed by atoms with E-state index >= 15 is 0 Å². The number of hydrogen-bond acceptors (Lipinski definition) is 8. The molecule has 0 unspecified atom stereocenters. The Kier molecular flexibility index (Phi) is 10.4. The third kappa shape index (κ3) is 7.10. The zero-order valence-corrected chi connectivity index (χ0v) is 30.0. The minimum atomic E-state index is -0.816. The number of nitrogens with one attached hydrogen (secondary N) is 1. The van der Waals surface area contributed by atoms with Crippen LogP contribution in [0.3, 0.4) is 0 Å². The zero-order chi connectivity index (χ0) is 34.7. The monoisotopic (exact) mass is 794 g/mol. The lowest BCUT2D eigenvalue weighted by atomic mass is 10.0. The van der Waals surface area contributed by atoms with E-state index in [2.05, 4.69) is 47.1 Å². The van der Waals surface area contributed by atoms with E-state index < -0.39 is 11.7 Å². The third-order valence-corrected chi connectivity index (χ3v) is 10.5. The normalized spacial score (nSPS) is 15.9. The van der Waals surface area contributed by atoms with Crippen LogP contribution in [-0.2, 0) is 20.7 Å². The smallest absolute Gasteiger partial charge is 0.336 e. The summed E-state index contributed by atoms with van der Waals surface area (Å²) in [4.78, 5) is 62.7. The zero-order valence-electron chi connectivity index (χ0n) is 26.8. The summed E-state index contributed by atoms with van der Waals surface area (Å²) in [6.07, 6.45) is 4.78. The van der Waals surface area contributed by atoms with Crippen molar-refractivity contribution in [1.29, 1.82) is 0 Å². The second-order valence-corrected chi connectivity index (χ2v) is 13.7. The molecule has 2 fully saturated rings. The van der Waals surface area contributed by atoms with Gasteiger partial charge in [-0.2, -0.15) is 0 Å². The predicted octanol–water partition coefficient (Wildman–Crippen LogP) is 3.89. The second kappa shape index (κ2) is 14.9. The number of benzene rings is 2. The standard InChI is InChI=1S/C34H36Br2N8O5/c1-49-30(21-45)44-29-5-3-2-4-28(29)43(34(44)48)24-8-12-42(13-9-24)33(47)39-27(20-22-18-25(35)31(37)26(36)19-22)32(46)41-16-14-40(15-17-41)23-6-10-38-11-7-23/h2-7,10-11,18-19,24,27H,8-9,12-17,20,37H2,1H3,(H,39,47)/t27-/m1/s1. The average molecular weight is 797 g/mol. The molecule has 256 valence electrons. The Morgan fingerprint density at radius 3 is 2.22 bits per heavy atom. The van der Waals surface area contributed by atoms with Crippen molar-refractivity contribution in [3.05, 3.63) is 85.9 Å². The Balaban J connectivity index is 1.17. The predicted molar refractivity (Wildman–Crippen MR) is 194 cm³/mol. The number of piperidine rings is 1. The number of carbonyl (C=O) groups excluding carboxylic acids is 3. The van der Waals surface area contributed by atoms with E-state index in [0.29, 0.717) is 77.8 Å². The van der Waals surface area contributed by atoms with Gasteiger partial charge in [0, 0.05) is 78.8 Å². The number of rotatable bonds is 8. The van der Waals surface area contributed by atoms with Crippen molar-refractivity contribution in [2.24, 2.45) is 0 Å². The molecule has 15 heteroatoms. The molecule has 4 heterocycles. The van der Waals surface area contributed by atoms with E-state index in [4.69, 9.17) is 10.5 Å². The molecule has 0 spiro atoms. The fourth-order valence-electron chi connectivity index (χ4n) is 6.62. The number of urea groups is 1. The number of imidazole rings is 1. The molecule has 0 radical (unpaired) electrons. The Morgan fingerprint density at radius 2 is 1.61 bits per heavy atom. The van der Waals surface area contributed by atoms with E-state index in [1.807, 2.05) is 36.4 Å². The maximum atomic E-state index is 14.0. The number of nitrogens with zero attached hydrogens (tertiary/aromatic N) is 6. The molecule has 6 rings (SSSR count). The van der Waals surface area contributed by atoms with Crippen molar-refractivity contribution >= 4 is 78.0 Å². The lowest BCUT2D eigenvalue weighted by Gasteiger charge is -2.38. The van der Waals surface area contributed by atoms with Crippen LogP contribution < -0.4 is 21.6 Å². The van der Waals surface area contributed by atoms with Crippen LogP contribution in [0.25, 0.3) is 16.9 Å². The summed E-state index contributed by atoms with van der Waals surface area (Å²) in [5.41, 5.74) is 9.35. The molecule has 2 saturated heterocycles. The van der Waals surface area contributed by atoms with Crippen LogP contribution in [0.15, 0.2) is 74.7 Å². The van der Waals surface area contributed by atoms with Gasteiger partial charge in [-0.1, -0.05) is 12.1 Å². The van der Waals surface area contributed by atoms with Gasteiger partial charge in [-0.3, -0.25) is 14.3 Å². The largest absolute Gasteiger partial charge is 0.474 e. The number of piperazine rings is 1. The van der Waals surface area contributed by atoms with Gasteiger partial charge in [0.1, 0.15) is 6.04 Å². The van der Waals surface area contributed by atoms with Gasteiger partial charge in [0.15, 0.2) is 5.94 Å². The molecule has 4 aromatic rings. The van der Waals surface area contributed by atoms with E-state index in [1.54, 1.807) is 44.8 Å². The van der Waals surface area contributed by atoms with Crippen LogP contribution in [0.5, 0.6) is 0 Å². The van der Waals surface area contributed by atoms with Crippen LogP contribution in [0.4, 0.5) is 16.2 Å². The van der Waals surface area contributed by atoms with Crippen LogP contribution in [0.2, 0.25) is 0 Å². The summed E-state index contributed by atoms with van der Waals surface area (Å²) >= 11 is 6.99. The van der Waals surface area contributed by atoms with Crippen molar-refractivity contribution in [3.8, 4) is 0 Å². The van der Waals surface area contributed by atoms with Crippen molar-refractivity contribution in [2.75, 3.05) is 57.0 Å². The average Bonchev–Trinajstić information content (AvgIpc) is 3.42. The van der Waals surface area contributed by atoms with Gasteiger partial charge in [0.25, 0.3) is 5.88 Å². The highest BCUT2D eigenvalue weighted by molar-refractivity contribution is 9.11. The fourth-order valence-corrected chi connectivity index (χ4v) is 7.90. The first-order valence-corrected chi connectivity index (χ1v) is 17.5. The van der Waals surface area contributed by atoms with Gasteiger partial charge < -0.3 is 30.5 Å². The molecular formula is C34H36Br2N8O5. The number of aromatic nitrogens is 3. The highest BCUT2D eigenvalue weighted by Crippen LogP contribution is 2.31. The van der Waals surface area contributed by atoms with Gasteiger partial charge in [-0.15, -0.1) is 0 Å². The maximum Gasteiger partial charge on any atom is 0.336 e. The lowest BCUT2D eigenvalue weighted by Crippen LogP contribution is -2.57. The lowest BCUT2D eigenvalue weighted by molar-refractivity contribution is -0.133. The van der Waals surface area contributed by atoms with Crippen LogP contribution in [-0.4, -0.2) is 94.2 Å². The van der Waals surface area contributed by atoms with Crippen molar-refractivity contribution in [3.63, 3.8) is 0 Å². The number of carbonyl (C=O) groups is 2. The van der Waals surface area contributed by atoms with Crippen molar-refractivity contribution in [1.82, 2.24) is 29.2 Å². The summed E-state index contributed by atoms with van der Waals surface area (Å²) < 4.78 is 9.42. The number of methoxy groups -OCH3 is 1. The van der Waals surface area contributed by atoms with E-state index in [0.717, 1.165) is 11.3 Å². The van der Waals surface area contributed by atoms with Crippen molar-refractivity contribution in [2.45, 2.75) is 31.3 Å². The molecule has 49 heavy (non-hydrogen) atoms. The van der Waals surface area contributed by atoms with Gasteiger partial charge in [0.2, 0.25) is 5.91 Å². The Hall–Kier alpha value is -4.59. The third-order valence-electron chi connectivity index (χ3n) is 9.17. The minimum Gasteiger partial charge on any atom is -0.474 e. The number of fused-ring (bicyclic) bond motifs is 1. The molecule has 3 amide bonds. The van der Waals surface area contributed by atoms with Crippen LogP contribution in [0.1, 0.15) is 24.4 Å². The molecule has 1 atom stereocenters. The molecule has 2 aromatic carbocycles. The number of amides is 3. The highest BCUT2D eigenvalue weighted by atomic mass is 79.9. The number of hydrogen-bond donors (Lipinski definition) is 2. The number of pyridine rings is 1. The van der Waals surface area contributed by atoms with E-state index in [1.165, 1.54) is 11.7 Å². The van der Waals surface area contributed by atoms with Crippen LogP contribution >= 0.6 is 31.9 Å². The Bertz CT molecular complexity index is 1940. The first-order chi connectivity index (χ1) is 23.7. The SMILES string of the molecule is COC(=C=O)n1c(=O)n(C2CCN(C(=O)N[C@H](Cc3cc(Br)c(N)c(Br)c3)C(=O)N3CCN(c4ccncc4)CC3)CC2)c2ccccc21. The molecule has 0 bridgehead atoms. The summed E-state index contributed by atoms with van der Waals surface area (Å²) in [7, 11) is 1.32. The van der Waals surface area contributed by atoms with Gasteiger partial charge in [-0.05, 0) is 86.7 Å². The molecule has 0 aliphatic carbocycles. The molecule has 3 N–H and O–H groups in total. The number of nitrogen functional groups attached to an aromatic ring is 1. The first-order valence-electron chi connectivity index (χ1n) is 15.9. The number of nitrogens with two attached hydrogens (primary N) is 1. The van der Waals surface area contributed by atoms with Gasteiger partial charge >= 0.3 is 11.7 Å². The van der Waals surface area contributed by atoms with E-state index in [-0.39, 0.29) is 30.3 Å². The first kappa shape index (κ1) is 34.3. The second-order valence-electron chi connectivity index (χ2n) is 12.0. The molecule has 13 nitrogen and oxygen atoms in total. The molecule has 2 aliphatic heterocycles. The fraction of sp³-hybridized carbons (Fsp3) is 0.353. The Morgan fingerprint density at radius 1 is 0.980 bits per heavy atom. The van der Waals surface area contributed by atoms with Gasteiger partial charge in [0.05, 0.1) is 23.8 Å². The molecule has 0 saturated carbocycles. The van der Waals surface area contributed by atoms with Crippen LogP contribution in [0, 0.1) is 0 Å². The number of halogens is 2. The maximum absolute atomic E-state index is 14.0. The molecular weight excluding hydrogens is 760 g/mol. The molecule has 2 aromatic heterocycles. The number of anilines is 2. The molecule has 2 aliphatic rings.